The van der Waals surface area contributed by atoms with Crippen LogP contribution in [0.4, 0.5) is 5.82 Å². The number of hydrogen-bond acceptors (Lipinski definition) is 6. The second-order valence-corrected chi connectivity index (χ2v) is 7.08. The Labute approximate surface area is 134 Å². The number of morpholine rings is 1. The van der Waals surface area contributed by atoms with Gasteiger partial charge in [-0.2, -0.15) is 5.26 Å². The Balaban J connectivity index is 2.19. The molecule has 1 aromatic heterocycles. The van der Waals surface area contributed by atoms with Crippen molar-refractivity contribution in [3.05, 3.63) is 17.3 Å². The monoisotopic (exact) mass is 344 g/mol. The largest absolute Gasteiger partial charge is 0.378 e. The number of anilines is 1. The number of sulfonamides is 1. The Kier molecular flexibility index (Phi) is 5.58. The molecule has 1 aliphatic rings. The van der Waals surface area contributed by atoms with E-state index in [-0.39, 0.29) is 16.3 Å². The van der Waals surface area contributed by atoms with Crippen LogP contribution in [0.2, 0.25) is 5.02 Å². The number of rotatable bonds is 5. The van der Waals surface area contributed by atoms with E-state index in [1.165, 1.54) is 12.3 Å². The average Bonchev–Trinajstić information content (AvgIpc) is 2.47. The summed E-state index contributed by atoms with van der Waals surface area (Å²) in [5, 5.41) is 8.87. The van der Waals surface area contributed by atoms with Crippen LogP contribution in [-0.4, -0.2) is 45.7 Å². The fourth-order valence-corrected chi connectivity index (χ4v) is 3.64. The van der Waals surface area contributed by atoms with Crippen molar-refractivity contribution in [3.63, 3.8) is 0 Å². The zero-order valence-corrected chi connectivity index (χ0v) is 13.7. The van der Waals surface area contributed by atoms with E-state index in [0.717, 1.165) is 0 Å². The summed E-state index contributed by atoms with van der Waals surface area (Å²) in [5.74, 6) is 0.550. The summed E-state index contributed by atoms with van der Waals surface area (Å²) in [6.45, 7) is 4.13. The SMILES string of the molecule is CC(CC#N)NS(=O)(=O)c1cnc(N2CCOCC2)c(Cl)c1. The van der Waals surface area contributed by atoms with Crippen molar-refractivity contribution in [2.24, 2.45) is 0 Å². The first-order valence-electron chi connectivity index (χ1n) is 6.81. The van der Waals surface area contributed by atoms with Crippen LogP contribution in [0.3, 0.4) is 0 Å². The lowest BCUT2D eigenvalue weighted by molar-refractivity contribution is 0.122. The van der Waals surface area contributed by atoms with Crippen molar-refractivity contribution in [2.75, 3.05) is 31.2 Å². The van der Waals surface area contributed by atoms with E-state index in [4.69, 9.17) is 21.6 Å². The van der Waals surface area contributed by atoms with E-state index in [1.54, 1.807) is 6.92 Å². The molecule has 0 amide bonds. The number of pyridine rings is 1. The predicted octanol–water partition coefficient (Wildman–Crippen LogP) is 1.15. The Morgan fingerprint density at radius 1 is 1.55 bits per heavy atom. The molecule has 9 heteroatoms. The van der Waals surface area contributed by atoms with Crippen LogP contribution in [0, 0.1) is 11.3 Å². The molecule has 1 atom stereocenters. The molecule has 0 aromatic carbocycles. The number of aromatic nitrogens is 1. The highest BCUT2D eigenvalue weighted by atomic mass is 35.5. The summed E-state index contributed by atoms with van der Waals surface area (Å²) in [4.78, 5) is 6.11. The molecule has 0 spiro atoms. The standard InChI is InChI=1S/C13H17ClN4O3S/c1-10(2-3-15)17-22(19,20)11-8-12(14)13(16-9-11)18-4-6-21-7-5-18/h8-10,17H,2,4-7H2,1H3. The van der Waals surface area contributed by atoms with Gasteiger partial charge in [-0.05, 0) is 13.0 Å². The lowest BCUT2D eigenvalue weighted by atomic mass is 10.3. The number of nitrogens with one attached hydrogen (secondary N) is 1. The van der Waals surface area contributed by atoms with Gasteiger partial charge in [0.2, 0.25) is 10.0 Å². The van der Waals surface area contributed by atoms with Crippen molar-refractivity contribution < 1.29 is 13.2 Å². The molecule has 1 unspecified atom stereocenters. The van der Waals surface area contributed by atoms with Crippen molar-refractivity contribution >= 4 is 27.4 Å². The number of ether oxygens (including phenoxy) is 1. The quantitative estimate of drug-likeness (QED) is 0.861. The van der Waals surface area contributed by atoms with E-state index in [0.29, 0.717) is 32.1 Å². The van der Waals surface area contributed by atoms with E-state index < -0.39 is 16.1 Å². The molecule has 22 heavy (non-hydrogen) atoms. The molecule has 1 N–H and O–H groups in total. The summed E-state index contributed by atoms with van der Waals surface area (Å²) in [7, 11) is -3.74. The van der Waals surface area contributed by atoms with Crippen LogP contribution in [0.5, 0.6) is 0 Å². The van der Waals surface area contributed by atoms with Gasteiger partial charge in [-0.1, -0.05) is 11.6 Å². The number of halogens is 1. The van der Waals surface area contributed by atoms with Gasteiger partial charge in [-0.3, -0.25) is 0 Å². The molecular weight excluding hydrogens is 328 g/mol. The van der Waals surface area contributed by atoms with Gasteiger partial charge in [0.15, 0.2) is 0 Å². The van der Waals surface area contributed by atoms with Gasteiger partial charge in [-0.25, -0.2) is 18.1 Å². The second kappa shape index (κ2) is 7.24. The normalized spacial score (nSPS) is 17.0. The minimum Gasteiger partial charge on any atom is -0.378 e. The number of hydrogen-bond donors (Lipinski definition) is 1. The molecule has 1 saturated heterocycles. The lowest BCUT2D eigenvalue weighted by Crippen LogP contribution is -2.37. The van der Waals surface area contributed by atoms with Crippen LogP contribution in [0.15, 0.2) is 17.2 Å². The molecule has 1 fully saturated rings. The molecule has 2 heterocycles. The molecule has 1 aromatic rings. The van der Waals surface area contributed by atoms with E-state index in [2.05, 4.69) is 9.71 Å². The fourth-order valence-electron chi connectivity index (χ4n) is 2.08. The maximum atomic E-state index is 12.2. The number of nitriles is 1. The van der Waals surface area contributed by atoms with Crippen molar-refractivity contribution in [2.45, 2.75) is 24.3 Å². The van der Waals surface area contributed by atoms with Crippen LogP contribution in [0.1, 0.15) is 13.3 Å². The average molecular weight is 345 g/mol. The van der Waals surface area contributed by atoms with Crippen LogP contribution in [-0.2, 0) is 14.8 Å². The second-order valence-electron chi connectivity index (χ2n) is 4.96. The fraction of sp³-hybridized carbons (Fsp3) is 0.538. The maximum absolute atomic E-state index is 12.2. The molecule has 1 aliphatic heterocycles. The third kappa shape index (κ3) is 4.08. The predicted molar refractivity (Wildman–Crippen MR) is 82.3 cm³/mol. The van der Waals surface area contributed by atoms with Gasteiger partial charge >= 0.3 is 0 Å². The smallest absolute Gasteiger partial charge is 0.242 e. The van der Waals surface area contributed by atoms with Crippen molar-refractivity contribution in [1.82, 2.24) is 9.71 Å². The summed E-state index contributed by atoms with van der Waals surface area (Å²) >= 11 is 6.18. The van der Waals surface area contributed by atoms with Crippen molar-refractivity contribution in [3.8, 4) is 6.07 Å². The lowest BCUT2D eigenvalue weighted by Gasteiger charge is -2.28. The Morgan fingerprint density at radius 2 is 2.23 bits per heavy atom. The first-order valence-corrected chi connectivity index (χ1v) is 8.67. The molecular formula is C13H17ClN4O3S. The summed E-state index contributed by atoms with van der Waals surface area (Å²) < 4.78 is 32.1. The topological polar surface area (TPSA) is 95.3 Å². The molecule has 0 saturated carbocycles. The van der Waals surface area contributed by atoms with Gasteiger partial charge in [0.05, 0.1) is 30.7 Å². The first kappa shape index (κ1) is 17.0. The van der Waals surface area contributed by atoms with Gasteiger partial charge in [0.25, 0.3) is 0 Å². The summed E-state index contributed by atoms with van der Waals surface area (Å²) in [6.07, 6.45) is 1.37. The third-order valence-electron chi connectivity index (χ3n) is 3.17. The minimum atomic E-state index is -3.74. The molecule has 0 radical (unpaired) electrons. The van der Waals surface area contributed by atoms with Crippen LogP contribution in [0.25, 0.3) is 0 Å². The molecule has 0 aliphatic carbocycles. The van der Waals surface area contributed by atoms with E-state index >= 15 is 0 Å². The Morgan fingerprint density at radius 3 is 2.82 bits per heavy atom. The molecule has 120 valence electrons. The Bertz CT molecular complexity index is 668. The first-order chi connectivity index (χ1) is 10.4. The van der Waals surface area contributed by atoms with E-state index in [1.807, 2.05) is 11.0 Å². The highest BCUT2D eigenvalue weighted by Gasteiger charge is 2.21. The van der Waals surface area contributed by atoms with Crippen LogP contribution < -0.4 is 9.62 Å². The van der Waals surface area contributed by atoms with Gasteiger partial charge in [0.1, 0.15) is 10.7 Å². The highest BCUT2D eigenvalue weighted by Crippen LogP contribution is 2.26. The van der Waals surface area contributed by atoms with Gasteiger partial charge in [-0.15, -0.1) is 0 Å². The number of nitrogens with zero attached hydrogens (tertiary/aromatic N) is 3. The Hall–Kier alpha value is -1.40. The maximum Gasteiger partial charge on any atom is 0.242 e. The zero-order valence-electron chi connectivity index (χ0n) is 12.1. The zero-order chi connectivity index (χ0) is 16.2. The van der Waals surface area contributed by atoms with Crippen molar-refractivity contribution in [1.29, 1.82) is 5.26 Å². The molecule has 7 nitrogen and oxygen atoms in total. The highest BCUT2D eigenvalue weighted by molar-refractivity contribution is 7.89. The third-order valence-corrected chi connectivity index (χ3v) is 5.01. The molecule has 2 rings (SSSR count). The molecule has 0 bridgehead atoms. The van der Waals surface area contributed by atoms with E-state index in [9.17, 15) is 8.42 Å². The minimum absolute atomic E-state index is 0.0145. The van der Waals surface area contributed by atoms with Gasteiger partial charge < -0.3 is 9.64 Å². The van der Waals surface area contributed by atoms with Gasteiger partial charge in [0, 0.05) is 25.3 Å². The van der Waals surface area contributed by atoms with Crippen LogP contribution >= 0.6 is 11.6 Å². The summed E-state index contributed by atoms with van der Waals surface area (Å²) in [5.41, 5.74) is 0. The summed E-state index contributed by atoms with van der Waals surface area (Å²) in [6, 6.07) is 2.81.